The molecule has 1 atom stereocenters. The van der Waals surface area contributed by atoms with Gasteiger partial charge in [-0.1, -0.05) is 19.1 Å². The van der Waals surface area contributed by atoms with Gasteiger partial charge in [-0.2, -0.15) is 0 Å². The zero-order valence-electron chi connectivity index (χ0n) is 21.7. The minimum absolute atomic E-state index is 0.102. The minimum Gasteiger partial charge on any atom is -0.497 e. The molecule has 0 radical (unpaired) electrons. The fraction of sp³-hybridized carbons (Fsp3) is 0.357. The maximum Gasteiger partial charge on any atom is 0.291 e. The van der Waals surface area contributed by atoms with Gasteiger partial charge in [0.25, 0.3) is 5.91 Å². The molecule has 2 amide bonds. The number of fused-ring (bicyclic) bond motifs is 1. The van der Waals surface area contributed by atoms with Crippen LogP contribution in [0.15, 0.2) is 53.1 Å². The number of benzene rings is 2. The molecule has 1 N–H and O–H groups in total. The van der Waals surface area contributed by atoms with Gasteiger partial charge in [-0.25, -0.2) is 0 Å². The highest BCUT2D eigenvalue weighted by atomic mass is 16.5. The third kappa shape index (κ3) is 4.06. The Labute approximate surface area is 211 Å². The molecular weight excluding hydrogens is 460 g/mol. The van der Waals surface area contributed by atoms with E-state index in [1.54, 1.807) is 44.2 Å². The largest absolute Gasteiger partial charge is 0.497 e. The lowest BCUT2D eigenvalue weighted by atomic mass is 9.64. The van der Waals surface area contributed by atoms with Gasteiger partial charge in [0.1, 0.15) is 17.2 Å². The summed E-state index contributed by atoms with van der Waals surface area (Å²) in [5, 5.41) is 2.90. The van der Waals surface area contributed by atoms with Crippen LogP contribution in [0.25, 0.3) is 0 Å². The van der Waals surface area contributed by atoms with Crippen molar-refractivity contribution in [3.8, 4) is 17.2 Å². The molecule has 0 saturated carbocycles. The van der Waals surface area contributed by atoms with Crippen molar-refractivity contribution >= 4 is 23.2 Å². The van der Waals surface area contributed by atoms with Crippen LogP contribution in [0.3, 0.4) is 0 Å². The number of ether oxygens (including phenoxy) is 3. The molecule has 1 aromatic heterocycles. The highest BCUT2D eigenvalue weighted by Crippen LogP contribution is 2.57. The van der Waals surface area contributed by atoms with E-state index in [4.69, 9.17) is 18.6 Å². The number of methoxy groups -OCH3 is 3. The first-order chi connectivity index (χ1) is 17.1. The number of hydrogen-bond acceptors (Lipinski definition) is 6. The summed E-state index contributed by atoms with van der Waals surface area (Å²) < 4.78 is 22.3. The molecule has 190 valence electrons. The normalized spacial score (nSPS) is 18.2. The Balaban J connectivity index is 2.02. The van der Waals surface area contributed by atoms with E-state index in [-0.39, 0.29) is 11.7 Å². The molecule has 2 heterocycles. The highest BCUT2D eigenvalue weighted by Gasteiger charge is 2.50. The van der Waals surface area contributed by atoms with Crippen LogP contribution in [0.2, 0.25) is 0 Å². The van der Waals surface area contributed by atoms with E-state index >= 15 is 0 Å². The van der Waals surface area contributed by atoms with Gasteiger partial charge in [0.2, 0.25) is 5.91 Å². The van der Waals surface area contributed by atoms with Crippen molar-refractivity contribution in [2.24, 2.45) is 0 Å². The van der Waals surface area contributed by atoms with E-state index in [1.807, 2.05) is 38.1 Å². The van der Waals surface area contributed by atoms with Gasteiger partial charge in [0, 0.05) is 29.5 Å². The molecule has 8 nitrogen and oxygen atoms in total. The number of carbonyl (C=O) groups is 2. The van der Waals surface area contributed by atoms with Gasteiger partial charge in [0.15, 0.2) is 11.5 Å². The smallest absolute Gasteiger partial charge is 0.291 e. The third-order valence-corrected chi connectivity index (χ3v) is 6.86. The standard InChI is InChI=1S/C28H32N2O6/c1-17(31)30-20-15-22(34-6)24(29-26(32)21-9-8-14-36-21)25(35-7)23(20)28(4,16-27(30,2)3)18-10-12-19(33-5)13-11-18/h8-15H,16H2,1-7H3,(H,29,32). The van der Waals surface area contributed by atoms with E-state index in [1.165, 1.54) is 13.4 Å². The monoisotopic (exact) mass is 492 g/mol. The second-order valence-electron chi connectivity index (χ2n) is 9.72. The quantitative estimate of drug-likeness (QED) is 0.496. The van der Waals surface area contributed by atoms with E-state index in [9.17, 15) is 9.59 Å². The van der Waals surface area contributed by atoms with Crippen molar-refractivity contribution in [2.45, 2.75) is 45.1 Å². The lowest BCUT2D eigenvalue weighted by Gasteiger charge is -2.51. The number of amides is 2. The van der Waals surface area contributed by atoms with Gasteiger partial charge in [0.05, 0.1) is 33.3 Å². The molecule has 0 bridgehead atoms. The molecule has 2 aromatic carbocycles. The summed E-state index contributed by atoms with van der Waals surface area (Å²) in [6.45, 7) is 7.77. The molecule has 1 aliphatic rings. The summed E-state index contributed by atoms with van der Waals surface area (Å²) in [6, 6.07) is 12.9. The van der Waals surface area contributed by atoms with Crippen LogP contribution in [-0.2, 0) is 10.2 Å². The molecule has 0 aliphatic carbocycles. The number of anilines is 2. The molecule has 0 spiro atoms. The Kier molecular flexibility index (Phi) is 6.47. The van der Waals surface area contributed by atoms with Crippen molar-refractivity contribution in [3.63, 3.8) is 0 Å². The topological polar surface area (TPSA) is 90.2 Å². The van der Waals surface area contributed by atoms with Crippen LogP contribution in [0.4, 0.5) is 11.4 Å². The third-order valence-electron chi connectivity index (χ3n) is 6.86. The van der Waals surface area contributed by atoms with Gasteiger partial charge in [-0.3, -0.25) is 9.59 Å². The number of nitrogens with zero attached hydrogens (tertiary/aromatic N) is 1. The van der Waals surface area contributed by atoms with Crippen LogP contribution >= 0.6 is 0 Å². The van der Waals surface area contributed by atoms with E-state index in [2.05, 4.69) is 12.2 Å². The van der Waals surface area contributed by atoms with Gasteiger partial charge < -0.3 is 28.8 Å². The molecule has 3 aromatic rings. The predicted octanol–water partition coefficient (Wildman–Crippen LogP) is 5.40. The highest BCUT2D eigenvalue weighted by molar-refractivity contribution is 6.06. The Hall–Kier alpha value is -3.94. The predicted molar refractivity (Wildman–Crippen MR) is 138 cm³/mol. The first-order valence-corrected chi connectivity index (χ1v) is 11.7. The average molecular weight is 493 g/mol. The summed E-state index contributed by atoms with van der Waals surface area (Å²) >= 11 is 0. The zero-order valence-corrected chi connectivity index (χ0v) is 21.7. The van der Waals surface area contributed by atoms with E-state index in [0.717, 1.165) is 16.9 Å². The molecule has 0 saturated heterocycles. The summed E-state index contributed by atoms with van der Waals surface area (Å²) in [6.07, 6.45) is 2.04. The number of furan rings is 1. The molecule has 4 rings (SSSR count). The Bertz CT molecular complexity index is 1280. The maximum absolute atomic E-state index is 13.0. The SMILES string of the molecule is COc1ccc(C2(C)CC(C)(C)N(C(C)=O)c3cc(OC)c(NC(=O)c4ccco4)c(OC)c32)cc1. The Morgan fingerprint density at radius 3 is 2.22 bits per heavy atom. The fourth-order valence-corrected chi connectivity index (χ4v) is 5.56. The van der Waals surface area contributed by atoms with Crippen LogP contribution < -0.4 is 24.4 Å². The number of rotatable bonds is 6. The van der Waals surface area contributed by atoms with Crippen LogP contribution in [0.1, 0.15) is 55.8 Å². The van der Waals surface area contributed by atoms with Crippen LogP contribution in [0.5, 0.6) is 17.2 Å². The van der Waals surface area contributed by atoms with Crippen LogP contribution in [0, 0.1) is 0 Å². The average Bonchev–Trinajstić information content (AvgIpc) is 3.38. The molecular formula is C28H32N2O6. The molecule has 1 unspecified atom stereocenters. The number of hydrogen-bond donors (Lipinski definition) is 1. The number of nitrogens with one attached hydrogen (secondary N) is 1. The van der Waals surface area contributed by atoms with Gasteiger partial charge >= 0.3 is 0 Å². The van der Waals surface area contributed by atoms with Crippen LogP contribution in [-0.4, -0.2) is 38.7 Å². The lowest BCUT2D eigenvalue weighted by molar-refractivity contribution is -0.117. The first-order valence-electron chi connectivity index (χ1n) is 11.7. The van der Waals surface area contributed by atoms with E-state index < -0.39 is 16.9 Å². The zero-order chi connectivity index (χ0) is 26.3. The second kappa shape index (κ2) is 9.26. The molecule has 0 fully saturated rings. The number of carbonyl (C=O) groups excluding carboxylic acids is 2. The minimum atomic E-state index is -0.584. The van der Waals surface area contributed by atoms with E-state index in [0.29, 0.717) is 29.3 Å². The maximum atomic E-state index is 13.0. The summed E-state index contributed by atoms with van der Waals surface area (Å²) in [5.41, 5.74) is 1.72. The summed E-state index contributed by atoms with van der Waals surface area (Å²) in [4.78, 5) is 27.7. The van der Waals surface area contributed by atoms with Crippen molar-refractivity contribution in [1.82, 2.24) is 0 Å². The Morgan fingerprint density at radius 1 is 1.00 bits per heavy atom. The van der Waals surface area contributed by atoms with Crippen molar-refractivity contribution in [1.29, 1.82) is 0 Å². The first kappa shape index (κ1) is 25.2. The molecule has 36 heavy (non-hydrogen) atoms. The van der Waals surface area contributed by atoms with Crippen molar-refractivity contribution < 1.29 is 28.2 Å². The van der Waals surface area contributed by atoms with Gasteiger partial charge in [-0.15, -0.1) is 0 Å². The lowest BCUT2D eigenvalue weighted by Crippen LogP contribution is -2.55. The van der Waals surface area contributed by atoms with Crippen molar-refractivity contribution in [3.05, 3.63) is 65.6 Å². The summed E-state index contributed by atoms with van der Waals surface area (Å²) in [7, 11) is 4.69. The molecule has 8 heteroatoms. The summed E-state index contributed by atoms with van der Waals surface area (Å²) in [5.74, 6) is 1.14. The fourth-order valence-electron chi connectivity index (χ4n) is 5.56. The van der Waals surface area contributed by atoms with Crippen molar-refractivity contribution in [2.75, 3.05) is 31.5 Å². The molecule has 1 aliphatic heterocycles. The Morgan fingerprint density at radius 2 is 1.69 bits per heavy atom. The second-order valence-corrected chi connectivity index (χ2v) is 9.72. The van der Waals surface area contributed by atoms with Gasteiger partial charge in [-0.05, 0) is 50.1 Å².